The third-order valence-electron chi connectivity index (χ3n) is 5.06. The molecule has 1 unspecified atom stereocenters. The molecule has 0 bridgehead atoms. The van der Waals surface area contributed by atoms with Crippen molar-refractivity contribution in [1.29, 1.82) is 0 Å². The summed E-state index contributed by atoms with van der Waals surface area (Å²) in [4.78, 5) is 16.4. The summed E-state index contributed by atoms with van der Waals surface area (Å²) < 4.78 is 13.1. The van der Waals surface area contributed by atoms with Crippen molar-refractivity contribution in [3.05, 3.63) is 76.5 Å². The van der Waals surface area contributed by atoms with E-state index in [2.05, 4.69) is 20.0 Å². The summed E-state index contributed by atoms with van der Waals surface area (Å²) in [6, 6.07) is 15.7. The molecule has 8 heteroatoms. The summed E-state index contributed by atoms with van der Waals surface area (Å²) in [5.74, 6) is -0.573. The number of amides is 1. The first-order valence-electron chi connectivity index (χ1n) is 9.50. The number of carbonyl (C=O) groups is 1. The maximum Gasteiger partial charge on any atom is 0.239 e. The van der Waals surface area contributed by atoms with E-state index in [9.17, 15) is 9.18 Å². The molecule has 1 fully saturated rings. The third-order valence-corrected chi connectivity index (χ3v) is 6.04. The molecule has 29 heavy (non-hydrogen) atoms. The molecule has 1 aromatic heterocycles. The zero-order chi connectivity index (χ0) is 20.2. The van der Waals surface area contributed by atoms with Gasteiger partial charge >= 0.3 is 0 Å². The maximum atomic E-state index is 13.1. The van der Waals surface area contributed by atoms with Gasteiger partial charge in [0.2, 0.25) is 11.0 Å². The van der Waals surface area contributed by atoms with Gasteiger partial charge in [-0.05, 0) is 23.3 Å². The van der Waals surface area contributed by atoms with Gasteiger partial charge in [0.25, 0.3) is 0 Å². The van der Waals surface area contributed by atoms with Crippen molar-refractivity contribution in [2.24, 2.45) is 5.73 Å². The Balaban J connectivity index is 1.39. The van der Waals surface area contributed by atoms with Crippen molar-refractivity contribution in [2.45, 2.75) is 12.5 Å². The van der Waals surface area contributed by atoms with Crippen molar-refractivity contribution < 1.29 is 9.18 Å². The number of nitrogens with zero attached hydrogens (tertiary/aromatic N) is 4. The highest BCUT2D eigenvalue weighted by Gasteiger charge is 2.29. The Morgan fingerprint density at radius 1 is 1.03 bits per heavy atom. The molecule has 0 aliphatic carbocycles. The molecule has 2 N–H and O–H groups in total. The first-order valence-corrected chi connectivity index (χ1v) is 10.3. The first-order chi connectivity index (χ1) is 14.1. The lowest BCUT2D eigenvalue weighted by Crippen LogP contribution is -2.50. The molecule has 1 atom stereocenters. The predicted octanol–water partition coefficient (Wildman–Crippen LogP) is 2.62. The van der Waals surface area contributed by atoms with Crippen molar-refractivity contribution in [3.63, 3.8) is 0 Å². The largest absolute Gasteiger partial charge is 0.368 e. The van der Waals surface area contributed by atoms with E-state index in [0.29, 0.717) is 6.42 Å². The van der Waals surface area contributed by atoms with Crippen LogP contribution >= 0.6 is 11.3 Å². The topological polar surface area (TPSA) is 75.4 Å². The summed E-state index contributed by atoms with van der Waals surface area (Å²) in [7, 11) is 0. The average Bonchev–Trinajstić information content (AvgIpc) is 3.19. The van der Waals surface area contributed by atoms with Crippen molar-refractivity contribution in [1.82, 2.24) is 15.1 Å². The molecule has 2 heterocycles. The average molecular weight is 412 g/mol. The number of benzene rings is 2. The van der Waals surface area contributed by atoms with Crippen LogP contribution in [0.1, 0.15) is 22.2 Å². The Labute approximate surface area is 172 Å². The van der Waals surface area contributed by atoms with Crippen LogP contribution in [0.3, 0.4) is 0 Å². The Hall–Kier alpha value is -2.84. The highest BCUT2D eigenvalue weighted by Crippen LogP contribution is 2.26. The molecule has 150 valence electrons. The highest BCUT2D eigenvalue weighted by atomic mass is 32.1. The van der Waals surface area contributed by atoms with E-state index in [1.165, 1.54) is 12.1 Å². The van der Waals surface area contributed by atoms with Gasteiger partial charge in [0.05, 0.1) is 0 Å². The van der Waals surface area contributed by atoms with Gasteiger partial charge < -0.3 is 10.6 Å². The van der Waals surface area contributed by atoms with E-state index in [1.807, 2.05) is 30.3 Å². The molecule has 4 rings (SSSR count). The van der Waals surface area contributed by atoms with Gasteiger partial charge in [-0.1, -0.05) is 53.8 Å². The number of anilines is 1. The monoisotopic (exact) mass is 411 g/mol. The van der Waals surface area contributed by atoms with Gasteiger partial charge in [0.15, 0.2) is 0 Å². The molecule has 1 saturated heterocycles. The van der Waals surface area contributed by atoms with Gasteiger partial charge in [-0.3, -0.25) is 9.69 Å². The minimum absolute atomic E-state index is 0.241. The van der Waals surface area contributed by atoms with Gasteiger partial charge in [-0.15, -0.1) is 10.2 Å². The number of rotatable bonds is 6. The fourth-order valence-corrected chi connectivity index (χ4v) is 4.51. The van der Waals surface area contributed by atoms with Crippen LogP contribution in [0.5, 0.6) is 0 Å². The molecule has 6 nitrogen and oxygen atoms in total. The summed E-state index contributed by atoms with van der Waals surface area (Å²) in [6.45, 7) is 2.94. The van der Waals surface area contributed by atoms with E-state index in [0.717, 1.165) is 47.4 Å². The highest BCUT2D eigenvalue weighted by molar-refractivity contribution is 7.15. The van der Waals surface area contributed by atoms with Crippen LogP contribution in [0.15, 0.2) is 54.6 Å². The Kier molecular flexibility index (Phi) is 5.82. The number of piperazine rings is 1. The normalized spacial score (nSPS) is 16.0. The second kappa shape index (κ2) is 8.67. The van der Waals surface area contributed by atoms with Crippen molar-refractivity contribution >= 4 is 22.4 Å². The van der Waals surface area contributed by atoms with Crippen LogP contribution in [0.4, 0.5) is 9.52 Å². The summed E-state index contributed by atoms with van der Waals surface area (Å²) >= 11 is 1.55. The number of hydrogen-bond acceptors (Lipinski definition) is 6. The Bertz CT molecular complexity index is 955. The smallest absolute Gasteiger partial charge is 0.239 e. The van der Waals surface area contributed by atoms with Crippen LogP contribution in [0, 0.1) is 5.82 Å². The molecular weight excluding hydrogens is 389 g/mol. The number of halogens is 1. The Morgan fingerprint density at radius 3 is 2.38 bits per heavy atom. The van der Waals surface area contributed by atoms with Gasteiger partial charge in [0, 0.05) is 32.6 Å². The van der Waals surface area contributed by atoms with Crippen LogP contribution in [-0.4, -0.2) is 47.2 Å². The molecule has 1 amide bonds. The molecule has 0 radical (unpaired) electrons. The second-order valence-corrected chi connectivity index (χ2v) is 8.06. The van der Waals surface area contributed by atoms with Gasteiger partial charge in [-0.2, -0.15) is 0 Å². The minimum atomic E-state index is -0.415. The lowest BCUT2D eigenvalue weighted by Gasteiger charge is -2.38. The molecule has 3 aromatic rings. The third kappa shape index (κ3) is 4.60. The van der Waals surface area contributed by atoms with Crippen LogP contribution in [-0.2, 0) is 11.2 Å². The predicted molar refractivity (Wildman–Crippen MR) is 111 cm³/mol. The molecule has 0 spiro atoms. The summed E-state index contributed by atoms with van der Waals surface area (Å²) in [6.07, 6.45) is 0.635. The SMILES string of the molecule is NC(=O)C(c1ccccc1)N1CCN(c2nnc(Cc3ccc(F)cc3)s2)CC1. The van der Waals surface area contributed by atoms with Crippen LogP contribution in [0.25, 0.3) is 0 Å². The maximum absolute atomic E-state index is 13.1. The van der Waals surface area contributed by atoms with Crippen molar-refractivity contribution in [2.75, 3.05) is 31.1 Å². The minimum Gasteiger partial charge on any atom is -0.368 e. The molecule has 1 aliphatic heterocycles. The molecule has 2 aromatic carbocycles. The quantitative estimate of drug-likeness (QED) is 0.675. The number of aromatic nitrogens is 2. The zero-order valence-electron chi connectivity index (χ0n) is 15.9. The summed E-state index contributed by atoms with van der Waals surface area (Å²) in [5, 5.41) is 10.4. The van der Waals surface area contributed by atoms with Crippen molar-refractivity contribution in [3.8, 4) is 0 Å². The number of carbonyl (C=O) groups excluding carboxylic acids is 1. The fourth-order valence-electron chi connectivity index (χ4n) is 3.58. The standard InChI is InChI=1S/C21H22FN5OS/c22-17-8-6-15(7-9-17)14-18-24-25-21(29-18)27-12-10-26(11-13-27)19(20(23)28)16-4-2-1-3-5-16/h1-9,19H,10-14H2,(H2,23,28). The summed E-state index contributed by atoms with van der Waals surface area (Å²) in [5.41, 5.74) is 7.62. The molecule has 0 saturated carbocycles. The van der Waals surface area contributed by atoms with Gasteiger partial charge in [-0.25, -0.2) is 4.39 Å². The lowest BCUT2D eigenvalue weighted by atomic mass is 10.0. The fraction of sp³-hybridized carbons (Fsp3) is 0.286. The number of hydrogen-bond donors (Lipinski definition) is 1. The van der Waals surface area contributed by atoms with Crippen LogP contribution in [0.2, 0.25) is 0 Å². The first kappa shape index (κ1) is 19.5. The Morgan fingerprint density at radius 2 is 1.72 bits per heavy atom. The van der Waals surface area contributed by atoms with Gasteiger partial charge in [0.1, 0.15) is 16.9 Å². The van der Waals surface area contributed by atoms with E-state index in [-0.39, 0.29) is 11.7 Å². The number of nitrogens with two attached hydrogens (primary N) is 1. The second-order valence-electron chi connectivity index (χ2n) is 7.02. The molecular formula is C21H22FN5OS. The van der Waals surface area contributed by atoms with E-state index < -0.39 is 6.04 Å². The van der Waals surface area contributed by atoms with E-state index >= 15 is 0 Å². The zero-order valence-corrected chi connectivity index (χ0v) is 16.7. The van der Waals surface area contributed by atoms with E-state index in [4.69, 9.17) is 5.73 Å². The number of primary amides is 1. The molecule has 1 aliphatic rings. The van der Waals surface area contributed by atoms with Crippen LogP contribution < -0.4 is 10.6 Å². The van der Waals surface area contributed by atoms with E-state index in [1.54, 1.807) is 23.5 Å². The lowest BCUT2D eigenvalue weighted by molar-refractivity contribution is -0.123.